The van der Waals surface area contributed by atoms with E-state index in [-0.39, 0.29) is 18.0 Å². The van der Waals surface area contributed by atoms with E-state index >= 15 is 0 Å². The molecule has 0 aliphatic heterocycles. The molecule has 0 N–H and O–H groups in total. The molecule has 0 saturated heterocycles. The Kier molecular flexibility index (Phi) is 5.89. The Labute approximate surface area is 125 Å². The van der Waals surface area contributed by atoms with Crippen LogP contribution in [0.25, 0.3) is 6.08 Å². The molecule has 1 amide bonds. The summed E-state index contributed by atoms with van der Waals surface area (Å²) in [5.74, 6) is -0.0268. The Morgan fingerprint density at radius 2 is 1.74 bits per heavy atom. The Morgan fingerprint density at radius 3 is 2.26 bits per heavy atom. The molecule has 0 radical (unpaired) electrons. The fourth-order valence-corrected chi connectivity index (χ4v) is 2.36. The summed E-state index contributed by atoms with van der Waals surface area (Å²) in [5, 5.41) is 1.18. The van der Waals surface area contributed by atoms with Crippen LogP contribution in [0.2, 0.25) is 10.0 Å². The maximum Gasteiger partial charge on any atom is 0.247 e. The van der Waals surface area contributed by atoms with Gasteiger partial charge >= 0.3 is 0 Å². The van der Waals surface area contributed by atoms with Crippen molar-refractivity contribution in [3.05, 3.63) is 39.9 Å². The van der Waals surface area contributed by atoms with Gasteiger partial charge in [0.05, 0.1) is 0 Å². The summed E-state index contributed by atoms with van der Waals surface area (Å²) >= 11 is 12.0. The zero-order valence-electron chi connectivity index (χ0n) is 11.7. The molecule has 104 valence electrons. The number of nitrogens with zero attached hydrogens (tertiary/aromatic N) is 1. The van der Waals surface area contributed by atoms with Gasteiger partial charge < -0.3 is 4.90 Å². The van der Waals surface area contributed by atoms with E-state index in [1.807, 2.05) is 32.6 Å². The van der Waals surface area contributed by atoms with Gasteiger partial charge in [-0.2, -0.15) is 0 Å². The van der Waals surface area contributed by atoms with Gasteiger partial charge in [-0.15, -0.1) is 0 Å². The van der Waals surface area contributed by atoms with E-state index < -0.39 is 0 Å². The van der Waals surface area contributed by atoms with Crippen molar-refractivity contribution < 1.29 is 4.79 Å². The van der Waals surface area contributed by atoms with Crippen molar-refractivity contribution in [2.45, 2.75) is 39.8 Å². The van der Waals surface area contributed by atoms with Gasteiger partial charge in [-0.25, -0.2) is 0 Å². The monoisotopic (exact) mass is 299 g/mol. The Morgan fingerprint density at radius 1 is 1.16 bits per heavy atom. The van der Waals surface area contributed by atoms with Crippen LogP contribution in [-0.4, -0.2) is 22.9 Å². The summed E-state index contributed by atoms with van der Waals surface area (Å²) in [6.07, 6.45) is 3.24. The largest absolute Gasteiger partial charge is 0.334 e. The van der Waals surface area contributed by atoms with Crippen molar-refractivity contribution >= 4 is 35.2 Å². The average molecular weight is 300 g/mol. The molecule has 0 fully saturated rings. The number of hydrogen-bond donors (Lipinski definition) is 0. The number of benzene rings is 1. The predicted octanol–water partition coefficient (Wildman–Crippen LogP) is 4.65. The molecular formula is C15H19Cl2NO. The summed E-state index contributed by atoms with van der Waals surface area (Å²) in [7, 11) is 0. The Hall–Kier alpha value is -0.990. The second kappa shape index (κ2) is 6.97. The minimum atomic E-state index is -0.0268. The summed E-state index contributed by atoms with van der Waals surface area (Å²) in [6.45, 7) is 7.99. The second-order valence-corrected chi connectivity index (χ2v) is 5.78. The van der Waals surface area contributed by atoms with Crippen molar-refractivity contribution in [2.24, 2.45) is 0 Å². The van der Waals surface area contributed by atoms with Crippen LogP contribution in [-0.2, 0) is 4.79 Å². The van der Waals surface area contributed by atoms with Gasteiger partial charge in [-0.1, -0.05) is 23.2 Å². The summed E-state index contributed by atoms with van der Waals surface area (Å²) in [5.41, 5.74) is 0.745. The number of rotatable bonds is 4. The summed E-state index contributed by atoms with van der Waals surface area (Å²) in [6, 6.07) is 5.50. The molecule has 0 saturated carbocycles. The first-order valence-electron chi connectivity index (χ1n) is 6.28. The van der Waals surface area contributed by atoms with Crippen LogP contribution in [0.5, 0.6) is 0 Å². The highest BCUT2D eigenvalue weighted by Crippen LogP contribution is 2.22. The quantitative estimate of drug-likeness (QED) is 0.741. The zero-order valence-corrected chi connectivity index (χ0v) is 13.2. The topological polar surface area (TPSA) is 20.3 Å². The van der Waals surface area contributed by atoms with Gasteiger partial charge in [-0.05, 0) is 57.5 Å². The second-order valence-electron chi connectivity index (χ2n) is 4.93. The molecule has 2 nitrogen and oxygen atoms in total. The third-order valence-corrected chi connectivity index (χ3v) is 3.31. The highest BCUT2D eigenvalue weighted by Gasteiger charge is 2.17. The van der Waals surface area contributed by atoms with Crippen molar-refractivity contribution in [1.29, 1.82) is 0 Å². The average Bonchev–Trinajstić information content (AvgIpc) is 2.29. The Balaban J connectivity index is 2.91. The van der Waals surface area contributed by atoms with Crippen LogP contribution in [0.15, 0.2) is 24.3 Å². The number of carbonyl (C=O) groups excluding carboxylic acids is 1. The molecule has 4 heteroatoms. The van der Waals surface area contributed by atoms with E-state index in [1.54, 1.807) is 24.3 Å². The van der Waals surface area contributed by atoms with E-state index in [4.69, 9.17) is 23.2 Å². The number of amides is 1. The molecule has 0 aliphatic rings. The molecule has 1 aromatic carbocycles. The number of halogens is 2. The lowest BCUT2D eigenvalue weighted by molar-refractivity contribution is -0.129. The van der Waals surface area contributed by atoms with E-state index in [9.17, 15) is 4.79 Å². The third-order valence-electron chi connectivity index (χ3n) is 2.73. The van der Waals surface area contributed by atoms with Crippen molar-refractivity contribution in [2.75, 3.05) is 0 Å². The number of hydrogen-bond acceptors (Lipinski definition) is 1. The SMILES string of the molecule is CC(C)N(C(=O)/C=C/c1cc(Cl)ccc1Cl)C(C)C. The van der Waals surface area contributed by atoms with Gasteiger partial charge in [0.1, 0.15) is 0 Å². The van der Waals surface area contributed by atoms with Crippen LogP contribution >= 0.6 is 23.2 Å². The fourth-order valence-electron chi connectivity index (χ4n) is 1.99. The van der Waals surface area contributed by atoms with Gasteiger partial charge in [0.2, 0.25) is 5.91 Å². The van der Waals surface area contributed by atoms with E-state index in [2.05, 4.69) is 0 Å². The third kappa shape index (κ3) is 4.55. The molecular weight excluding hydrogens is 281 g/mol. The molecule has 0 aromatic heterocycles. The molecule has 0 aliphatic carbocycles. The zero-order chi connectivity index (χ0) is 14.6. The Bertz CT molecular complexity index is 473. The van der Waals surface area contributed by atoms with Gasteiger partial charge in [-0.3, -0.25) is 4.79 Å². The van der Waals surface area contributed by atoms with Crippen LogP contribution in [0, 0.1) is 0 Å². The molecule has 19 heavy (non-hydrogen) atoms. The normalized spacial score (nSPS) is 11.6. The first-order valence-corrected chi connectivity index (χ1v) is 7.04. The van der Waals surface area contributed by atoms with Crippen LogP contribution in [0.3, 0.4) is 0 Å². The molecule has 0 unspecified atom stereocenters. The van der Waals surface area contributed by atoms with Gasteiger partial charge in [0, 0.05) is 28.2 Å². The van der Waals surface area contributed by atoms with Gasteiger partial charge in [0.25, 0.3) is 0 Å². The standard InChI is InChI=1S/C15H19Cl2NO/c1-10(2)18(11(3)4)15(19)8-5-12-9-13(16)6-7-14(12)17/h5-11H,1-4H3/b8-5+. The van der Waals surface area contributed by atoms with Crippen LogP contribution in [0.4, 0.5) is 0 Å². The molecule has 1 rings (SSSR count). The smallest absolute Gasteiger partial charge is 0.247 e. The lowest BCUT2D eigenvalue weighted by Crippen LogP contribution is -2.41. The number of carbonyl (C=O) groups is 1. The first-order chi connectivity index (χ1) is 8.82. The lowest BCUT2D eigenvalue weighted by Gasteiger charge is -2.29. The minimum Gasteiger partial charge on any atom is -0.334 e. The summed E-state index contributed by atoms with van der Waals surface area (Å²) in [4.78, 5) is 14.0. The van der Waals surface area contributed by atoms with Crippen molar-refractivity contribution in [3.63, 3.8) is 0 Å². The molecule has 0 spiro atoms. The predicted molar refractivity (Wildman–Crippen MR) is 82.6 cm³/mol. The minimum absolute atomic E-state index is 0.0268. The highest BCUT2D eigenvalue weighted by molar-refractivity contribution is 6.34. The van der Waals surface area contributed by atoms with Gasteiger partial charge in [0.15, 0.2) is 0 Å². The molecule has 1 aromatic rings. The molecule has 0 heterocycles. The maximum atomic E-state index is 12.2. The fraction of sp³-hybridized carbons (Fsp3) is 0.400. The van der Waals surface area contributed by atoms with Crippen molar-refractivity contribution in [3.8, 4) is 0 Å². The highest BCUT2D eigenvalue weighted by atomic mass is 35.5. The first kappa shape index (κ1) is 16.1. The van der Waals surface area contributed by atoms with E-state index in [1.165, 1.54) is 6.08 Å². The lowest BCUT2D eigenvalue weighted by atomic mass is 10.2. The van der Waals surface area contributed by atoms with E-state index in [0.29, 0.717) is 10.0 Å². The molecule has 0 bridgehead atoms. The van der Waals surface area contributed by atoms with E-state index in [0.717, 1.165) is 5.56 Å². The van der Waals surface area contributed by atoms with Crippen molar-refractivity contribution in [1.82, 2.24) is 4.90 Å². The van der Waals surface area contributed by atoms with Crippen LogP contribution < -0.4 is 0 Å². The van der Waals surface area contributed by atoms with Crippen LogP contribution in [0.1, 0.15) is 33.3 Å². The molecule has 0 atom stereocenters. The maximum absolute atomic E-state index is 12.2. The summed E-state index contributed by atoms with van der Waals surface area (Å²) < 4.78 is 0.